The number of nitrogens with zero attached hydrogens (tertiary/aromatic N) is 3. The molecule has 0 radical (unpaired) electrons. The Labute approximate surface area is 119 Å². The Kier molecular flexibility index (Phi) is 2.82. The molecule has 1 aromatic carbocycles. The summed E-state index contributed by atoms with van der Waals surface area (Å²) in [5.74, 6) is 1.19. The standard InChI is InChI=1S/C16H21N3O/c1-18-15-5-3-2-4-12(15)14(17-18)10-19-8-11-6-7-16(20)13(11)9-19/h2-5,11,13,16,20H,6-10H2,1H3. The quantitative estimate of drug-likeness (QED) is 0.905. The van der Waals surface area contributed by atoms with Gasteiger partial charge in [0, 0.05) is 38.0 Å². The molecule has 3 atom stereocenters. The zero-order valence-corrected chi connectivity index (χ0v) is 11.9. The summed E-state index contributed by atoms with van der Waals surface area (Å²) in [7, 11) is 2.01. The first kappa shape index (κ1) is 12.4. The highest BCUT2D eigenvalue weighted by atomic mass is 16.3. The molecule has 0 amide bonds. The van der Waals surface area contributed by atoms with Crippen LogP contribution in [0.25, 0.3) is 10.9 Å². The average Bonchev–Trinajstić information content (AvgIpc) is 3.08. The van der Waals surface area contributed by atoms with Crippen LogP contribution in [-0.2, 0) is 13.6 Å². The van der Waals surface area contributed by atoms with Crippen LogP contribution in [0.4, 0.5) is 0 Å². The fourth-order valence-electron chi connectivity index (χ4n) is 4.08. The second kappa shape index (κ2) is 4.57. The van der Waals surface area contributed by atoms with Gasteiger partial charge < -0.3 is 5.11 Å². The van der Waals surface area contributed by atoms with Crippen molar-refractivity contribution in [2.24, 2.45) is 18.9 Å². The molecule has 1 aliphatic carbocycles. The lowest BCUT2D eigenvalue weighted by Gasteiger charge is -2.16. The summed E-state index contributed by atoms with van der Waals surface area (Å²) in [5.41, 5.74) is 2.36. The van der Waals surface area contributed by atoms with E-state index in [-0.39, 0.29) is 6.10 Å². The largest absolute Gasteiger partial charge is 0.393 e. The number of aryl methyl sites for hydroxylation is 1. The SMILES string of the molecule is Cn1nc(CN2CC3CCC(O)C3C2)c2ccccc21. The molecule has 3 unspecified atom stereocenters. The molecule has 1 aliphatic heterocycles. The number of hydrogen-bond donors (Lipinski definition) is 1. The van der Waals surface area contributed by atoms with Crippen LogP contribution in [0, 0.1) is 11.8 Å². The molecule has 2 aliphatic rings. The molecule has 1 saturated heterocycles. The van der Waals surface area contributed by atoms with Gasteiger partial charge in [0.2, 0.25) is 0 Å². The van der Waals surface area contributed by atoms with E-state index in [0.29, 0.717) is 11.8 Å². The van der Waals surface area contributed by atoms with Crippen LogP contribution in [0.2, 0.25) is 0 Å². The molecule has 1 N–H and O–H groups in total. The minimum atomic E-state index is -0.0783. The zero-order chi connectivity index (χ0) is 13.7. The van der Waals surface area contributed by atoms with Crippen LogP contribution < -0.4 is 0 Å². The molecule has 2 aromatic rings. The second-order valence-corrected chi connectivity index (χ2v) is 6.35. The minimum absolute atomic E-state index is 0.0783. The number of hydrogen-bond acceptors (Lipinski definition) is 3. The van der Waals surface area contributed by atoms with Gasteiger partial charge in [-0.25, -0.2) is 0 Å². The lowest BCUT2D eigenvalue weighted by atomic mass is 10.00. The van der Waals surface area contributed by atoms with E-state index in [1.54, 1.807) is 0 Å². The summed E-state index contributed by atoms with van der Waals surface area (Å²) in [4.78, 5) is 2.46. The van der Waals surface area contributed by atoms with E-state index < -0.39 is 0 Å². The van der Waals surface area contributed by atoms with E-state index >= 15 is 0 Å². The summed E-state index contributed by atoms with van der Waals surface area (Å²) >= 11 is 0. The van der Waals surface area contributed by atoms with E-state index in [1.165, 1.54) is 17.3 Å². The fraction of sp³-hybridized carbons (Fsp3) is 0.562. The number of rotatable bonds is 2. The number of likely N-dealkylation sites (tertiary alicyclic amines) is 1. The molecule has 1 saturated carbocycles. The molecule has 106 valence electrons. The van der Waals surface area contributed by atoms with Gasteiger partial charge in [-0.1, -0.05) is 18.2 Å². The lowest BCUT2D eigenvalue weighted by molar-refractivity contribution is 0.123. The van der Waals surface area contributed by atoms with Gasteiger partial charge >= 0.3 is 0 Å². The van der Waals surface area contributed by atoms with E-state index in [1.807, 2.05) is 11.7 Å². The van der Waals surface area contributed by atoms with Crippen LogP contribution in [-0.4, -0.2) is 39.0 Å². The Hall–Kier alpha value is -1.39. The first-order valence-corrected chi connectivity index (χ1v) is 7.53. The predicted octanol–water partition coefficient (Wildman–Crippen LogP) is 1.78. The molecule has 2 heterocycles. The summed E-state index contributed by atoms with van der Waals surface area (Å²) in [6.45, 7) is 3.05. The maximum atomic E-state index is 10.0. The van der Waals surface area contributed by atoms with Crippen molar-refractivity contribution in [1.82, 2.24) is 14.7 Å². The Morgan fingerprint density at radius 3 is 2.95 bits per heavy atom. The van der Waals surface area contributed by atoms with E-state index in [4.69, 9.17) is 0 Å². The van der Waals surface area contributed by atoms with E-state index in [9.17, 15) is 5.11 Å². The number of para-hydroxylation sites is 1. The normalized spacial score (nSPS) is 30.2. The highest BCUT2D eigenvalue weighted by molar-refractivity contribution is 5.81. The fourth-order valence-corrected chi connectivity index (χ4v) is 4.08. The summed E-state index contributed by atoms with van der Waals surface area (Å²) in [6.07, 6.45) is 2.10. The van der Waals surface area contributed by atoms with Gasteiger partial charge in [-0.15, -0.1) is 0 Å². The van der Waals surface area contributed by atoms with Crippen molar-refractivity contribution in [2.45, 2.75) is 25.5 Å². The van der Waals surface area contributed by atoms with E-state index in [2.05, 4.69) is 34.3 Å². The van der Waals surface area contributed by atoms with Gasteiger partial charge in [0.25, 0.3) is 0 Å². The number of fused-ring (bicyclic) bond motifs is 2. The maximum Gasteiger partial charge on any atom is 0.0843 e. The monoisotopic (exact) mass is 271 g/mol. The number of benzene rings is 1. The van der Waals surface area contributed by atoms with Gasteiger partial charge in [0.05, 0.1) is 17.3 Å². The average molecular weight is 271 g/mol. The Bertz CT molecular complexity index is 636. The topological polar surface area (TPSA) is 41.3 Å². The molecule has 4 rings (SSSR count). The van der Waals surface area contributed by atoms with Crippen molar-refractivity contribution in [3.05, 3.63) is 30.0 Å². The first-order chi connectivity index (χ1) is 9.72. The molecule has 4 nitrogen and oxygen atoms in total. The smallest absolute Gasteiger partial charge is 0.0843 e. The predicted molar refractivity (Wildman–Crippen MR) is 78.2 cm³/mol. The van der Waals surface area contributed by atoms with Gasteiger partial charge in [-0.05, 0) is 24.8 Å². The molecule has 1 aromatic heterocycles. The number of aliphatic hydroxyl groups is 1. The van der Waals surface area contributed by atoms with Crippen molar-refractivity contribution < 1.29 is 5.11 Å². The van der Waals surface area contributed by atoms with Crippen molar-refractivity contribution in [2.75, 3.05) is 13.1 Å². The third-order valence-corrected chi connectivity index (χ3v) is 5.10. The lowest BCUT2D eigenvalue weighted by Crippen LogP contribution is -2.24. The van der Waals surface area contributed by atoms with E-state index in [0.717, 1.165) is 31.7 Å². The van der Waals surface area contributed by atoms with Gasteiger partial charge in [0.15, 0.2) is 0 Å². The third kappa shape index (κ3) is 1.86. The van der Waals surface area contributed by atoms with Crippen LogP contribution in [0.3, 0.4) is 0 Å². The first-order valence-electron chi connectivity index (χ1n) is 7.53. The van der Waals surface area contributed by atoms with Crippen LogP contribution in [0.1, 0.15) is 18.5 Å². The summed E-state index contributed by atoms with van der Waals surface area (Å²) < 4.78 is 1.97. The maximum absolute atomic E-state index is 10.0. The van der Waals surface area contributed by atoms with Gasteiger partial charge in [-0.2, -0.15) is 5.10 Å². The molecular formula is C16H21N3O. The Balaban J connectivity index is 1.57. The van der Waals surface area contributed by atoms with Gasteiger partial charge in [-0.3, -0.25) is 9.58 Å². The van der Waals surface area contributed by atoms with Crippen molar-refractivity contribution in [3.63, 3.8) is 0 Å². The molecule has 0 bridgehead atoms. The summed E-state index contributed by atoms with van der Waals surface area (Å²) in [6, 6.07) is 8.41. The Morgan fingerprint density at radius 2 is 2.10 bits per heavy atom. The van der Waals surface area contributed by atoms with Crippen LogP contribution >= 0.6 is 0 Å². The van der Waals surface area contributed by atoms with Crippen molar-refractivity contribution in [1.29, 1.82) is 0 Å². The molecular weight excluding hydrogens is 250 g/mol. The number of aromatic nitrogens is 2. The third-order valence-electron chi connectivity index (χ3n) is 5.10. The van der Waals surface area contributed by atoms with Crippen LogP contribution in [0.15, 0.2) is 24.3 Å². The minimum Gasteiger partial charge on any atom is -0.393 e. The van der Waals surface area contributed by atoms with Crippen LogP contribution in [0.5, 0.6) is 0 Å². The second-order valence-electron chi connectivity index (χ2n) is 6.35. The van der Waals surface area contributed by atoms with Crippen molar-refractivity contribution >= 4 is 10.9 Å². The highest BCUT2D eigenvalue weighted by Crippen LogP contribution is 2.38. The zero-order valence-electron chi connectivity index (χ0n) is 11.9. The number of aliphatic hydroxyl groups excluding tert-OH is 1. The molecule has 4 heteroatoms. The molecule has 20 heavy (non-hydrogen) atoms. The summed E-state index contributed by atoms with van der Waals surface area (Å²) in [5, 5.41) is 15.9. The van der Waals surface area contributed by atoms with Gasteiger partial charge in [0.1, 0.15) is 0 Å². The molecule has 2 fully saturated rings. The van der Waals surface area contributed by atoms with Crippen molar-refractivity contribution in [3.8, 4) is 0 Å². The highest BCUT2D eigenvalue weighted by Gasteiger charge is 2.41. The molecule has 0 spiro atoms. The Morgan fingerprint density at radius 1 is 1.25 bits per heavy atom.